The highest BCUT2D eigenvalue weighted by Gasteiger charge is 2.18. The third-order valence-electron chi connectivity index (χ3n) is 6.03. The van der Waals surface area contributed by atoms with Crippen LogP contribution in [0.15, 0.2) is 67.1 Å². The maximum absolute atomic E-state index is 5.56. The van der Waals surface area contributed by atoms with E-state index in [0.717, 1.165) is 40.9 Å². The molecular weight excluding hydrogens is 410 g/mol. The standard InChI is InChI=1S/C28H33N3O2/c1-19(2)29-10-8-27(22-14-25(32-4)16-26(15-22)33-5)20-6-7-28-23(12-20)13-24(17-30-28)21-9-11-31(3)18-21/h6-7,9,11-19,27,29H,8,10H2,1-5H3. The van der Waals surface area contributed by atoms with Gasteiger partial charge in [-0.2, -0.15) is 0 Å². The third-order valence-corrected chi connectivity index (χ3v) is 6.03. The molecule has 33 heavy (non-hydrogen) atoms. The Morgan fingerprint density at radius 3 is 2.30 bits per heavy atom. The third kappa shape index (κ3) is 5.37. The van der Waals surface area contributed by atoms with E-state index in [0.29, 0.717) is 6.04 Å². The van der Waals surface area contributed by atoms with Gasteiger partial charge in [0.2, 0.25) is 0 Å². The number of benzene rings is 2. The Labute approximate surface area is 196 Å². The highest BCUT2D eigenvalue weighted by molar-refractivity contribution is 5.84. The summed E-state index contributed by atoms with van der Waals surface area (Å²) in [4.78, 5) is 4.72. The van der Waals surface area contributed by atoms with Gasteiger partial charge in [0, 0.05) is 60.2 Å². The summed E-state index contributed by atoms with van der Waals surface area (Å²) in [7, 11) is 5.43. The van der Waals surface area contributed by atoms with Crippen LogP contribution >= 0.6 is 0 Å². The number of hydrogen-bond acceptors (Lipinski definition) is 4. The minimum absolute atomic E-state index is 0.199. The Bertz CT molecular complexity index is 1210. The smallest absolute Gasteiger partial charge is 0.122 e. The molecule has 0 fully saturated rings. The van der Waals surface area contributed by atoms with Crippen molar-refractivity contribution in [3.63, 3.8) is 0 Å². The van der Waals surface area contributed by atoms with Crippen LogP contribution in [0.2, 0.25) is 0 Å². The summed E-state index contributed by atoms with van der Waals surface area (Å²) in [5.74, 6) is 1.81. The minimum atomic E-state index is 0.199. The Morgan fingerprint density at radius 2 is 1.67 bits per heavy atom. The minimum Gasteiger partial charge on any atom is -0.497 e. The predicted octanol–water partition coefficient (Wildman–Crippen LogP) is 5.78. The largest absolute Gasteiger partial charge is 0.497 e. The molecule has 2 heterocycles. The van der Waals surface area contributed by atoms with E-state index >= 15 is 0 Å². The normalized spacial score (nSPS) is 12.3. The van der Waals surface area contributed by atoms with Crippen molar-refractivity contribution in [2.75, 3.05) is 20.8 Å². The van der Waals surface area contributed by atoms with Gasteiger partial charge in [-0.15, -0.1) is 0 Å². The van der Waals surface area contributed by atoms with Gasteiger partial charge in [0.05, 0.1) is 19.7 Å². The lowest BCUT2D eigenvalue weighted by Crippen LogP contribution is -2.25. The molecule has 1 N–H and O–H groups in total. The molecule has 2 aromatic carbocycles. The molecule has 0 radical (unpaired) electrons. The molecule has 4 rings (SSSR count). The molecule has 0 aliphatic carbocycles. The number of ether oxygens (including phenoxy) is 2. The molecule has 5 heteroatoms. The summed E-state index contributed by atoms with van der Waals surface area (Å²) < 4.78 is 13.2. The lowest BCUT2D eigenvalue weighted by molar-refractivity contribution is 0.392. The van der Waals surface area contributed by atoms with Crippen LogP contribution in [0.25, 0.3) is 22.0 Å². The van der Waals surface area contributed by atoms with Gasteiger partial charge in [0.1, 0.15) is 11.5 Å². The summed E-state index contributed by atoms with van der Waals surface area (Å²) in [5, 5.41) is 4.71. The summed E-state index contributed by atoms with van der Waals surface area (Å²) in [6.07, 6.45) is 7.10. The second kappa shape index (κ2) is 10.1. The zero-order valence-corrected chi connectivity index (χ0v) is 20.1. The van der Waals surface area contributed by atoms with Gasteiger partial charge in [-0.1, -0.05) is 19.9 Å². The number of pyridine rings is 1. The lowest BCUT2D eigenvalue weighted by Gasteiger charge is -2.21. The average Bonchev–Trinajstić information content (AvgIpc) is 3.26. The quantitative estimate of drug-likeness (QED) is 0.356. The van der Waals surface area contributed by atoms with E-state index in [1.807, 2.05) is 19.3 Å². The Hall–Kier alpha value is -3.31. The molecule has 0 amide bonds. The monoisotopic (exact) mass is 443 g/mol. The van der Waals surface area contributed by atoms with Crippen LogP contribution < -0.4 is 14.8 Å². The zero-order valence-electron chi connectivity index (χ0n) is 20.1. The van der Waals surface area contributed by atoms with Crippen molar-refractivity contribution in [2.45, 2.75) is 32.2 Å². The lowest BCUT2D eigenvalue weighted by atomic mass is 9.87. The van der Waals surface area contributed by atoms with Crippen molar-refractivity contribution in [2.24, 2.45) is 7.05 Å². The van der Waals surface area contributed by atoms with Crippen molar-refractivity contribution in [1.82, 2.24) is 14.9 Å². The van der Waals surface area contributed by atoms with Crippen molar-refractivity contribution in [3.05, 3.63) is 78.2 Å². The number of methoxy groups -OCH3 is 2. The molecule has 0 aliphatic heterocycles. The molecule has 0 aliphatic rings. The van der Waals surface area contributed by atoms with E-state index in [-0.39, 0.29) is 5.92 Å². The maximum atomic E-state index is 5.56. The molecule has 1 atom stereocenters. The predicted molar refractivity (Wildman–Crippen MR) is 135 cm³/mol. The molecule has 4 aromatic rings. The first-order valence-corrected chi connectivity index (χ1v) is 11.4. The molecule has 172 valence electrons. The van der Waals surface area contributed by atoms with E-state index in [9.17, 15) is 0 Å². The molecule has 2 aromatic heterocycles. The highest BCUT2D eigenvalue weighted by atomic mass is 16.5. The van der Waals surface area contributed by atoms with Crippen molar-refractivity contribution in [1.29, 1.82) is 0 Å². The molecule has 0 saturated carbocycles. The zero-order chi connectivity index (χ0) is 23.4. The maximum Gasteiger partial charge on any atom is 0.122 e. The number of nitrogens with zero attached hydrogens (tertiary/aromatic N) is 2. The van der Waals surface area contributed by atoms with Crippen LogP contribution in [-0.2, 0) is 7.05 Å². The first-order chi connectivity index (χ1) is 16.0. The SMILES string of the molecule is COc1cc(OC)cc(C(CCNC(C)C)c2ccc3ncc(-c4ccn(C)c4)cc3c2)c1. The average molecular weight is 444 g/mol. The van der Waals surface area contributed by atoms with Gasteiger partial charge < -0.3 is 19.4 Å². The summed E-state index contributed by atoms with van der Waals surface area (Å²) >= 11 is 0. The Balaban J connectivity index is 1.76. The molecule has 0 saturated heterocycles. The van der Waals surface area contributed by atoms with E-state index in [1.54, 1.807) is 14.2 Å². The fourth-order valence-corrected chi connectivity index (χ4v) is 4.27. The van der Waals surface area contributed by atoms with E-state index in [2.05, 4.69) is 78.6 Å². The highest BCUT2D eigenvalue weighted by Crippen LogP contribution is 2.35. The van der Waals surface area contributed by atoms with E-state index < -0.39 is 0 Å². The number of aryl methyl sites for hydroxylation is 1. The molecule has 0 bridgehead atoms. The molecule has 0 spiro atoms. The van der Waals surface area contributed by atoms with E-state index in [1.165, 1.54) is 16.7 Å². The second-order valence-corrected chi connectivity index (χ2v) is 8.84. The van der Waals surface area contributed by atoms with Gasteiger partial charge in [-0.3, -0.25) is 4.98 Å². The van der Waals surface area contributed by atoms with Gasteiger partial charge in [0.25, 0.3) is 0 Å². The molecule has 5 nitrogen and oxygen atoms in total. The number of hydrogen-bond donors (Lipinski definition) is 1. The summed E-state index contributed by atoms with van der Waals surface area (Å²) in [6.45, 7) is 5.27. The number of fused-ring (bicyclic) bond motifs is 1. The van der Waals surface area contributed by atoms with Crippen LogP contribution in [0.3, 0.4) is 0 Å². The first-order valence-electron chi connectivity index (χ1n) is 11.4. The number of nitrogens with one attached hydrogen (secondary N) is 1. The number of aromatic nitrogens is 2. The van der Waals surface area contributed by atoms with Crippen molar-refractivity contribution in [3.8, 4) is 22.6 Å². The van der Waals surface area contributed by atoms with Crippen LogP contribution in [0.5, 0.6) is 11.5 Å². The van der Waals surface area contributed by atoms with Crippen LogP contribution in [-0.4, -0.2) is 36.4 Å². The fourth-order valence-electron chi connectivity index (χ4n) is 4.27. The van der Waals surface area contributed by atoms with Crippen molar-refractivity contribution >= 4 is 10.9 Å². The first kappa shape index (κ1) is 22.9. The van der Waals surface area contributed by atoms with Crippen molar-refractivity contribution < 1.29 is 9.47 Å². The summed E-state index contributed by atoms with van der Waals surface area (Å²) in [5.41, 5.74) is 5.74. The molecular formula is C28H33N3O2. The summed E-state index contributed by atoms with van der Waals surface area (Å²) in [6, 6.07) is 17.6. The topological polar surface area (TPSA) is 48.3 Å². The van der Waals surface area contributed by atoms with Gasteiger partial charge in [0.15, 0.2) is 0 Å². The fraction of sp³-hybridized carbons (Fsp3) is 0.321. The van der Waals surface area contributed by atoms with Crippen LogP contribution in [0.4, 0.5) is 0 Å². The van der Waals surface area contributed by atoms with Gasteiger partial charge in [-0.25, -0.2) is 0 Å². The van der Waals surface area contributed by atoms with Gasteiger partial charge >= 0.3 is 0 Å². The number of rotatable bonds is 9. The van der Waals surface area contributed by atoms with Gasteiger partial charge in [-0.05, 0) is 60.5 Å². The Kier molecular flexibility index (Phi) is 6.99. The second-order valence-electron chi connectivity index (χ2n) is 8.84. The van der Waals surface area contributed by atoms with Crippen LogP contribution in [0, 0.1) is 0 Å². The Morgan fingerprint density at radius 1 is 0.909 bits per heavy atom. The van der Waals surface area contributed by atoms with E-state index in [4.69, 9.17) is 14.5 Å². The van der Waals surface area contributed by atoms with Crippen LogP contribution in [0.1, 0.15) is 37.3 Å². The molecule has 1 unspecified atom stereocenters.